The maximum Gasteiger partial charge on any atom is 0.303 e. The maximum absolute atomic E-state index is 10.4. The molecule has 0 fully saturated rings. The van der Waals surface area contributed by atoms with Crippen molar-refractivity contribution < 1.29 is 19.4 Å². The minimum atomic E-state index is -0.704. The summed E-state index contributed by atoms with van der Waals surface area (Å²) in [6.45, 7) is 7.10. The first kappa shape index (κ1) is 20.3. The van der Waals surface area contributed by atoms with Gasteiger partial charge in [0.2, 0.25) is 0 Å². The van der Waals surface area contributed by atoms with Crippen LogP contribution in [0, 0.1) is 0 Å². The lowest BCUT2D eigenvalue weighted by molar-refractivity contribution is -0.137. The third-order valence-electron chi connectivity index (χ3n) is 3.59. The van der Waals surface area contributed by atoms with Crippen molar-refractivity contribution in [2.24, 2.45) is 0 Å². The third kappa shape index (κ3) is 8.77. The second-order valence-electron chi connectivity index (χ2n) is 5.80. The van der Waals surface area contributed by atoms with Gasteiger partial charge >= 0.3 is 5.97 Å². The molecule has 2 N–H and O–H groups in total. The van der Waals surface area contributed by atoms with Crippen LogP contribution in [0.25, 0.3) is 0 Å². The van der Waals surface area contributed by atoms with Crippen LogP contribution in [0.3, 0.4) is 0 Å². The van der Waals surface area contributed by atoms with Gasteiger partial charge in [0.25, 0.3) is 0 Å². The Bertz CT molecular complexity index is 476. The molecule has 1 rings (SSSR count). The molecule has 1 aromatic rings. The highest BCUT2D eigenvalue weighted by Gasteiger charge is 2.06. The molecule has 0 aliphatic rings. The topological polar surface area (TPSA) is 67.8 Å². The number of rotatable bonds is 14. The van der Waals surface area contributed by atoms with E-state index in [0.717, 1.165) is 56.7 Å². The number of nitrogens with one attached hydrogen (secondary N) is 1. The summed E-state index contributed by atoms with van der Waals surface area (Å²) in [6.07, 6.45) is 5.13. The minimum Gasteiger partial charge on any atom is -0.490 e. The second-order valence-corrected chi connectivity index (χ2v) is 5.80. The molecule has 5 nitrogen and oxygen atoms in total. The summed E-state index contributed by atoms with van der Waals surface area (Å²) in [7, 11) is 0. The summed E-state index contributed by atoms with van der Waals surface area (Å²) in [5.74, 6) is 0.907. The first-order valence-corrected chi connectivity index (χ1v) is 8.98. The monoisotopic (exact) mass is 337 g/mol. The minimum absolute atomic E-state index is 0.278. The van der Waals surface area contributed by atoms with E-state index in [1.807, 2.05) is 19.1 Å². The Kier molecular flexibility index (Phi) is 10.7. The van der Waals surface area contributed by atoms with Gasteiger partial charge in [-0.3, -0.25) is 4.79 Å². The van der Waals surface area contributed by atoms with Crippen LogP contribution >= 0.6 is 0 Å². The summed E-state index contributed by atoms with van der Waals surface area (Å²) in [6, 6.07) is 6.07. The standard InChI is InChI=1S/C19H31NO4/c1-3-13-24-17-11-10-16(14-18(17)23-4-2)15-20-12-8-6-5-7-9-19(21)22/h10-11,14,20H,3-9,12-13,15H2,1-2H3,(H,21,22). The third-order valence-corrected chi connectivity index (χ3v) is 3.59. The fraction of sp³-hybridized carbons (Fsp3) is 0.632. The zero-order chi connectivity index (χ0) is 17.6. The van der Waals surface area contributed by atoms with Gasteiger partial charge in [0.1, 0.15) is 0 Å². The van der Waals surface area contributed by atoms with E-state index in [0.29, 0.717) is 13.2 Å². The Labute approximate surface area is 145 Å². The molecule has 0 unspecified atom stereocenters. The number of hydrogen-bond donors (Lipinski definition) is 2. The van der Waals surface area contributed by atoms with Gasteiger partial charge < -0.3 is 19.9 Å². The van der Waals surface area contributed by atoms with Gasteiger partial charge in [-0.15, -0.1) is 0 Å². The molecule has 136 valence electrons. The lowest BCUT2D eigenvalue weighted by Gasteiger charge is -2.13. The Morgan fingerprint density at radius 1 is 1.08 bits per heavy atom. The number of aliphatic carboxylic acids is 1. The molecule has 0 bridgehead atoms. The van der Waals surface area contributed by atoms with E-state index in [2.05, 4.69) is 18.3 Å². The van der Waals surface area contributed by atoms with Gasteiger partial charge in [0.15, 0.2) is 11.5 Å². The number of ether oxygens (including phenoxy) is 2. The summed E-state index contributed by atoms with van der Waals surface area (Å²) in [4.78, 5) is 10.4. The molecule has 0 radical (unpaired) electrons. The molecule has 24 heavy (non-hydrogen) atoms. The van der Waals surface area contributed by atoms with Crippen LogP contribution in [0.15, 0.2) is 18.2 Å². The van der Waals surface area contributed by atoms with E-state index >= 15 is 0 Å². The molecule has 5 heteroatoms. The van der Waals surface area contributed by atoms with E-state index in [9.17, 15) is 4.79 Å². The van der Waals surface area contributed by atoms with Gasteiger partial charge in [-0.05, 0) is 50.4 Å². The number of unbranched alkanes of at least 4 members (excludes halogenated alkanes) is 3. The lowest BCUT2D eigenvalue weighted by atomic mass is 10.1. The molecule has 0 amide bonds. The van der Waals surface area contributed by atoms with Gasteiger partial charge in [-0.2, -0.15) is 0 Å². The summed E-state index contributed by atoms with van der Waals surface area (Å²) < 4.78 is 11.4. The van der Waals surface area contributed by atoms with Crippen molar-refractivity contribution in [3.63, 3.8) is 0 Å². The predicted octanol–water partition coefficient (Wildman–Crippen LogP) is 4.00. The normalized spacial score (nSPS) is 10.6. The van der Waals surface area contributed by atoms with Crippen LogP contribution in [0.2, 0.25) is 0 Å². The van der Waals surface area contributed by atoms with E-state index < -0.39 is 5.97 Å². The smallest absolute Gasteiger partial charge is 0.303 e. The molecule has 0 saturated carbocycles. The molecular formula is C19H31NO4. The highest BCUT2D eigenvalue weighted by molar-refractivity contribution is 5.66. The lowest BCUT2D eigenvalue weighted by Crippen LogP contribution is -2.14. The molecule has 1 aromatic carbocycles. The molecular weight excluding hydrogens is 306 g/mol. The van der Waals surface area contributed by atoms with E-state index in [-0.39, 0.29) is 6.42 Å². The summed E-state index contributed by atoms with van der Waals surface area (Å²) in [5.41, 5.74) is 1.17. The van der Waals surface area contributed by atoms with Crippen LogP contribution in [-0.4, -0.2) is 30.8 Å². The largest absolute Gasteiger partial charge is 0.490 e. The van der Waals surface area contributed by atoms with Crippen LogP contribution < -0.4 is 14.8 Å². The fourth-order valence-electron chi connectivity index (χ4n) is 2.37. The van der Waals surface area contributed by atoms with Crippen molar-refractivity contribution in [2.75, 3.05) is 19.8 Å². The number of hydrogen-bond acceptors (Lipinski definition) is 4. The zero-order valence-corrected chi connectivity index (χ0v) is 15.0. The Morgan fingerprint density at radius 3 is 2.58 bits per heavy atom. The highest BCUT2D eigenvalue weighted by atomic mass is 16.5. The fourth-order valence-corrected chi connectivity index (χ4v) is 2.37. The van der Waals surface area contributed by atoms with Crippen LogP contribution in [-0.2, 0) is 11.3 Å². The first-order chi connectivity index (χ1) is 11.7. The van der Waals surface area contributed by atoms with Crippen LogP contribution in [0.1, 0.15) is 57.9 Å². The Morgan fingerprint density at radius 2 is 1.88 bits per heavy atom. The molecule has 0 spiro atoms. The van der Waals surface area contributed by atoms with Gasteiger partial charge in [0.05, 0.1) is 13.2 Å². The molecule has 0 saturated heterocycles. The zero-order valence-electron chi connectivity index (χ0n) is 15.0. The van der Waals surface area contributed by atoms with Gasteiger partial charge in [-0.1, -0.05) is 25.8 Å². The summed E-state index contributed by atoms with van der Waals surface area (Å²) in [5, 5.41) is 12.0. The second kappa shape index (κ2) is 12.6. The average Bonchev–Trinajstić information content (AvgIpc) is 2.56. The molecule has 0 aliphatic heterocycles. The molecule has 0 aromatic heterocycles. The van der Waals surface area contributed by atoms with E-state index in [1.54, 1.807) is 0 Å². The van der Waals surface area contributed by atoms with Crippen molar-refractivity contribution in [1.29, 1.82) is 0 Å². The van der Waals surface area contributed by atoms with Crippen molar-refractivity contribution in [3.05, 3.63) is 23.8 Å². The average molecular weight is 337 g/mol. The molecule has 0 aliphatic carbocycles. The summed E-state index contributed by atoms with van der Waals surface area (Å²) >= 11 is 0. The van der Waals surface area contributed by atoms with E-state index in [1.165, 1.54) is 5.56 Å². The molecule has 0 heterocycles. The van der Waals surface area contributed by atoms with Crippen molar-refractivity contribution in [3.8, 4) is 11.5 Å². The quantitative estimate of drug-likeness (QED) is 0.502. The van der Waals surface area contributed by atoms with E-state index in [4.69, 9.17) is 14.6 Å². The van der Waals surface area contributed by atoms with Crippen molar-refractivity contribution in [2.45, 2.75) is 58.9 Å². The number of carbonyl (C=O) groups is 1. The van der Waals surface area contributed by atoms with Crippen molar-refractivity contribution >= 4 is 5.97 Å². The van der Waals surface area contributed by atoms with Crippen molar-refractivity contribution in [1.82, 2.24) is 5.32 Å². The van der Waals surface area contributed by atoms with Gasteiger partial charge in [-0.25, -0.2) is 0 Å². The number of benzene rings is 1. The first-order valence-electron chi connectivity index (χ1n) is 8.98. The highest BCUT2D eigenvalue weighted by Crippen LogP contribution is 2.28. The van der Waals surface area contributed by atoms with Crippen LogP contribution in [0.5, 0.6) is 11.5 Å². The SMILES string of the molecule is CCCOc1ccc(CNCCCCCCC(=O)O)cc1OCC. The molecule has 0 atom stereocenters. The van der Waals surface area contributed by atoms with Gasteiger partial charge in [0, 0.05) is 13.0 Å². The number of carboxylic acid groups (broad SMARTS) is 1. The number of carboxylic acids is 1. The Hall–Kier alpha value is -1.75. The van der Waals surface area contributed by atoms with Crippen LogP contribution in [0.4, 0.5) is 0 Å². The maximum atomic E-state index is 10.4. The predicted molar refractivity (Wildman–Crippen MR) is 95.8 cm³/mol. The Balaban J connectivity index is 2.29.